The van der Waals surface area contributed by atoms with Crippen molar-refractivity contribution in [2.24, 2.45) is 0 Å². The normalized spacial score (nSPS) is 12.4. The van der Waals surface area contributed by atoms with Crippen LogP contribution < -0.4 is 10.1 Å². The van der Waals surface area contributed by atoms with Crippen molar-refractivity contribution in [1.29, 1.82) is 0 Å². The number of nitrogens with one attached hydrogen (secondary N) is 1. The van der Waals surface area contributed by atoms with E-state index in [1.165, 1.54) is 10.4 Å². The Kier molecular flexibility index (Phi) is 5.57. The predicted octanol–water partition coefficient (Wildman–Crippen LogP) is 4.12. The second-order valence-corrected chi connectivity index (χ2v) is 6.73. The van der Waals surface area contributed by atoms with E-state index in [1.54, 1.807) is 18.4 Å². The van der Waals surface area contributed by atoms with E-state index in [4.69, 9.17) is 4.74 Å². The Morgan fingerprint density at radius 3 is 2.85 bits per heavy atom. The van der Waals surface area contributed by atoms with Crippen molar-refractivity contribution >= 4 is 27.3 Å². The first-order valence-corrected chi connectivity index (χ1v) is 8.23. The highest BCUT2D eigenvalue weighted by atomic mass is 79.9. The molecule has 0 aliphatic carbocycles. The number of aryl methyl sites for hydroxylation is 1. The van der Waals surface area contributed by atoms with E-state index in [-0.39, 0.29) is 6.04 Å². The van der Waals surface area contributed by atoms with Crippen molar-refractivity contribution in [2.75, 3.05) is 13.7 Å². The third kappa shape index (κ3) is 3.81. The van der Waals surface area contributed by atoms with Crippen LogP contribution in [0.5, 0.6) is 5.75 Å². The van der Waals surface area contributed by atoms with Gasteiger partial charge in [0.05, 0.1) is 12.1 Å². The molecular weight excluding hydrogens is 336 g/mol. The first-order valence-electron chi connectivity index (χ1n) is 6.62. The lowest BCUT2D eigenvalue weighted by Crippen LogP contribution is -2.22. The quantitative estimate of drug-likeness (QED) is 0.847. The van der Waals surface area contributed by atoms with Gasteiger partial charge in [-0.05, 0) is 43.7 Å². The molecule has 1 N–H and O–H groups in total. The lowest BCUT2D eigenvalue weighted by atomic mass is 10.0. The van der Waals surface area contributed by atoms with Gasteiger partial charge in [0.25, 0.3) is 0 Å². The van der Waals surface area contributed by atoms with Crippen molar-refractivity contribution < 1.29 is 4.74 Å². The largest absolute Gasteiger partial charge is 0.496 e. The maximum atomic E-state index is 5.46. The van der Waals surface area contributed by atoms with Crippen LogP contribution in [-0.4, -0.2) is 18.6 Å². The fourth-order valence-electron chi connectivity index (χ4n) is 2.19. The Labute approximate surface area is 132 Å². The molecule has 0 saturated carbocycles. The number of thiazole rings is 1. The summed E-state index contributed by atoms with van der Waals surface area (Å²) in [5, 5.41) is 4.63. The molecule has 0 aliphatic heterocycles. The third-order valence-corrected chi connectivity index (χ3v) is 4.62. The molecule has 0 amide bonds. The smallest absolute Gasteiger partial charge is 0.122 e. The molecule has 1 atom stereocenters. The zero-order valence-corrected chi connectivity index (χ0v) is 14.3. The Hall–Kier alpha value is -0.910. The SMILES string of the molecule is CCNC(Cc1cc(Br)ccc1OC)c1cnc(C)s1. The van der Waals surface area contributed by atoms with Crippen LogP contribution in [0.2, 0.25) is 0 Å². The number of likely N-dealkylation sites (N-methyl/N-ethyl adjacent to an activating group) is 1. The van der Waals surface area contributed by atoms with Crippen LogP contribution in [0.3, 0.4) is 0 Å². The monoisotopic (exact) mass is 354 g/mol. The number of aromatic nitrogens is 1. The number of hydrogen-bond donors (Lipinski definition) is 1. The molecule has 1 heterocycles. The highest BCUT2D eigenvalue weighted by molar-refractivity contribution is 9.10. The Bertz CT molecular complexity index is 571. The van der Waals surface area contributed by atoms with E-state index in [9.17, 15) is 0 Å². The summed E-state index contributed by atoms with van der Waals surface area (Å²) in [6.07, 6.45) is 2.86. The summed E-state index contributed by atoms with van der Waals surface area (Å²) in [5.74, 6) is 0.928. The molecule has 108 valence electrons. The number of halogens is 1. The summed E-state index contributed by atoms with van der Waals surface area (Å²) in [6.45, 7) is 5.09. The van der Waals surface area contributed by atoms with Crippen molar-refractivity contribution in [2.45, 2.75) is 26.3 Å². The number of nitrogens with zero attached hydrogens (tertiary/aromatic N) is 1. The van der Waals surface area contributed by atoms with Gasteiger partial charge in [0.1, 0.15) is 5.75 Å². The van der Waals surface area contributed by atoms with Crippen molar-refractivity contribution in [1.82, 2.24) is 10.3 Å². The van der Waals surface area contributed by atoms with Gasteiger partial charge in [-0.25, -0.2) is 4.98 Å². The second-order valence-electron chi connectivity index (χ2n) is 4.55. The van der Waals surface area contributed by atoms with Gasteiger partial charge in [-0.15, -0.1) is 11.3 Å². The van der Waals surface area contributed by atoms with Crippen molar-refractivity contribution in [3.8, 4) is 5.75 Å². The Balaban J connectivity index is 2.26. The van der Waals surface area contributed by atoms with Gasteiger partial charge < -0.3 is 10.1 Å². The number of hydrogen-bond acceptors (Lipinski definition) is 4. The topological polar surface area (TPSA) is 34.1 Å². The first kappa shape index (κ1) is 15.5. The van der Waals surface area contributed by atoms with E-state index in [0.29, 0.717) is 0 Å². The van der Waals surface area contributed by atoms with Crippen LogP contribution >= 0.6 is 27.3 Å². The summed E-state index contributed by atoms with van der Waals surface area (Å²) in [5.41, 5.74) is 1.19. The zero-order chi connectivity index (χ0) is 14.5. The lowest BCUT2D eigenvalue weighted by molar-refractivity contribution is 0.406. The molecule has 0 radical (unpaired) electrons. The predicted molar refractivity (Wildman–Crippen MR) is 87.7 cm³/mol. The zero-order valence-electron chi connectivity index (χ0n) is 11.9. The van der Waals surface area contributed by atoms with Gasteiger partial charge >= 0.3 is 0 Å². The molecule has 3 nitrogen and oxygen atoms in total. The molecule has 0 fully saturated rings. The highest BCUT2D eigenvalue weighted by Gasteiger charge is 2.16. The molecule has 0 saturated heterocycles. The molecule has 0 aliphatic rings. The molecule has 1 unspecified atom stereocenters. The van der Waals surface area contributed by atoms with Crippen LogP contribution in [0, 0.1) is 6.92 Å². The number of ether oxygens (including phenoxy) is 1. The van der Waals surface area contributed by atoms with Gasteiger partial charge in [0.15, 0.2) is 0 Å². The molecular formula is C15H19BrN2OS. The summed E-state index contributed by atoms with van der Waals surface area (Å²) < 4.78 is 6.53. The first-order chi connectivity index (χ1) is 9.63. The van der Waals surface area contributed by atoms with Gasteiger partial charge in [0, 0.05) is 21.6 Å². The molecule has 5 heteroatoms. The van der Waals surface area contributed by atoms with Gasteiger partial charge in [0.2, 0.25) is 0 Å². The summed E-state index contributed by atoms with van der Waals surface area (Å²) >= 11 is 5.28. The molecule has 2 rings (SSSR count). The van der Waals surface area contributed by atoms with Crippen LogP contribution in [0.25, 0.3) is 0 Å². The summed E-state index contributed by atoms with van der Waals surface area (Å²) in [7, 11) is 1.71. The second kappa shape index (κ2) is 7.20. The average Bonchev–Trinajstić information content (AvgIpc) is 2.85. The standard InChI is InChI=1S/C15H19BrN2OS/c1-4-17-13(15-9-18-10(2)20-15)8-11-7-12(16)5-6-14(11)19-3/h5-7,9,13,17H,4,8H2,1-3H3. The molecule has 1 aromatic heterocycles. The third-order valence-electron chi connectivity index (χ3n) is 3.10. The van der Waals surface area contributed by atoms with E-state index in [1.807, 2.05) is 25.3 Å². The minimum atomic E-state index is 0.273. The van der Waals surface area contributed by atoms with Gasteiger partial charge in [-0.1, -0.05) is 22.9 Å². The summed E-state index contributed by atoms with van der Waals surface area (Å²) in [6, 6.07) is 6.40. The minimum Gasteiger partial charge on any atom is -0.496 e. The van der Waals surface area contributed by atoms with E-state index < -0.39 is 0 Å². The van der Waals surface area contributed by atoms with Crippen molar-refractivity contribution in [3.63, 3.8) is 0 Å². The fourth-order valence-corrected chi connectivity index (χ4v) is 3.45. The average molecular weight is 355 g/mol. The highest BCUT2D eigenvalue weighted by Crippen LogP contribution is 2.30. The van der Waals surface area contributed by atoms with Crippen LogP contribution in [-0.2, 0) is 6.42 Å². The van der Waals surface area contributed by atoms with Gasteiger partial charge in [-0.2, -0.15) is 0 Å². The summed E-state index contributed by atoms with van der Waals surface area (Å²) in [4.78, 5) is 5.63. The van der Waals surface area contributed by atoms with Crippen LogP contribution in [0.15, 0.2) is 28.9 Å². The maximum absolute atomic E-state index is 5.46. The number of rotatable bonds is 6. The van der Waals surface area contributed by atoms with Gasteiger partial charge in [-0.3, -0.25) is 0 Å². The van der Waals surface area contributed by atoms with E-state index in [2.05, 4.69) is 39.2 Å². The molecule has 1 aromatic carbocycles. The maximum Gasteiger partial charge on any atom is 0.122 e. The van der Waals surface area contributed by atoms with Crippen LogP contribution in [0.4, 0.5) is 0 Å². The Morgan fingerprint density at radius 2 is 2.25 bits per heavy atom. The fraction of sp³-hybridized carbons (Fsp3) is 0.400. The molecule has 2 aromatic rings. The molecule has 0 bridgehead atoms. The molecule has 0 spiro atoms. The number of methoxy groups -OCH3 is 1. The molecule has 20 heavy (non-hydrogen) atoms. The number of benzene rings is 1. The minimum absolute atomic E-state index is 0.273. The van der Waals surface area contributed by atoms with E-state index in [0.717, 1.165) is 28.2 Å². The van der Waals surface area contributed by atoms with Crippen LogP contribution in [0.1, 0.15) is 28.4 Å². The Morgan fingerprint density at radius 1 is 1.45 bits per heavy atom. The van der Waals surface area contributed by atoms with Crippen molar-refractivity contribution in [3.05, 3.63) is 44.3 Å². The van der Waals surface area contributed by atoms with E-state index >= 15 is 0 Å². The lowest BCUT2D eigenvalue weighted by Gasteiger charge is -2.18.